The number of benzene rings is 1. The maximum atomic E-state index is 13.5. The van der Waals surface area contributed by atoms with Crippen LogP contribution in [-0.2, 0) is 0 Å². The summed E-state index contributed by atoms with van der Waals surface area (Å²) in [6, 6.07) is 2.85. The highest BCUT2D eigenvalue weighted by molar-refractivity contribution is 6.32. The first-order valence-corrected chi connectivity index (χ1v) is 5.35. The number of ether oxygens (including phenoxy) is 1. The van der Waals surface area contributed by atoms with Crippen molar-refractivity contribution in [1.29, 1.82) is 0 Å². The molecule has 0 fully saturated rings. The summed E-state index contributed by atoms with van der Waals surface area (Å²) in [5.41, 5.74) is 6.49. The fourth-order valence-electron chi connectivity index (χ4n) is 1.31. The Morgan fingerprint density at radius 2 is 2.06 bits per heavy atom. The van der Waals surface area contributed by atoms with Crippen LogP contribution < -0.4 is 10.5 Å². The fourth-order valence-corrected chi connectivity index (χ4v) is 1.58. The van der Waals surface area contributed by atoms with Crippen molar-refractivity contribution in [3.05, 3.63) is 28.5 Å². The van der Waals surface area contributed by atoms with Crippen LogP contribution in [0.25, 0.3) is 0 Å². The van der Waals surface area contributed by atoms with E-state index in [0.29, 0.717) is 12.2 Å². The van der Waals surface area contributed by atoms with Crippen LogP contribution in [0, 0.1) is 5.82 Å². The minimum atomic E-state index is -0.455. The van der Waals surface area contributed by atoms with Gasteiger partial charge in [0.2, 0.25) is 0 Å². The molecule has 0 radical (unpaired) electrons. The third kappa shape index (κ3) is 3.51. The molecule has 0 amide bonds. The van der Waals surface area contributed by atoms with Crippen LogP contribution >= 0.6 is 24.0 Å². The highest BCUT2D eigenvalue weighted by atomic mass is 35.5. The lowest BCUT2D eigenvalue weighted by Crippen LogP contribution is -2.09. The Hall–Kier alpha value is -0.510. The lowest BCUT2D eigenvalue weighted by atomic mass is 10.1. The van der Waals surface area contributed by atoms with Gasteiger partial charge in [-0.05, 0) is 31.0 Å². The molecule has 0 aliphatic carbocycles. The molecule has 2 nitrogen and oxygen atoms in total. The van der Waals surface area contributed by atoms with Gasteiger partial charge in [-0.1, -0.05) is 18.5 Å². The molecule has 1 atom stereocenters. The van der Waals surface area contributed by atoms with E-state index in [1.165, 1.54) is 6.07 Å². The molecule has 1 aromatic rings. The Kier molecular flexibility index (Phi) is 6.72. The molecule has 0 aliphatic rings. The van der Waals surface area contributed by atoms with E-state index in [0.717, 1.165) is 6.42 Å². The van der Waals surface area contributed by atoms with Gasteiger partial charge in [-0.2, -0.15) is 0 Å². The van der Waals surface area contributed by atoms with E-state index < -0.39 is 5.82 Å². The summed E-state index contributed by atoms with van der Waals surface area (Å²) in [7, 11) is 0. The molecule has 92 valence electrons. The fraction of sp³-hybridized carbons (Fsp3) is 0.455. The highest BCUT2D eigenvalue weighted by Crippen LogP contribution is 2.31. The molecule has 0 aromatic heterocycles. The molecular weight excluding hydrogens is 252 g/mol. The van der Waals surface area contributed by atoms with Crippen molar-refractivity contribution in [2.45, 2.75) is 26.3 Å². The zero-order chi connectivity index (χ0) is 11.4. The van der Waals surface area contributed by atoms with Crippen molar-refractivity contribution in [2.75, 3.05) is 6.61 Å². The van der Waals surface area contributed by atoms with Crippen molar-refractivity contribution in [3.63, 3.8) is 0 Å². The molecule has 0 bridgehead atoms. The monoisotopic (exact) mass is 267 g/mol. The van der Waals surface area contributed by atoms with Crippen LogP contribution in [0.3, 0.4) is 0 Å². The van der Waals surface area contributed by atoms with Crippen molar-refractivity contribution in [3.8, 4) is 5.75 Å². The van der Waals surface area contributed by atoms with E-state index in [4.69, 9.17) is 22.1 Å². The lowest BCUT2D eigenvalue weighted by Gasteiger charge is -2.13. The number of hydrogen-bond acceptors (Lipinski definition) is 2. The summed E-state index contributed by atoms with van der Waals surface area (Å²) < 4.78 is 18.6. The zero-order valence-corrected chi connectivity index (χ0v) is 10.9. The molecule has 0 aliphatic heterocycles. The minimum Gasteiger partial charge on any atom is -0.489 e. The van der Waals surface area contributed by atoms with Crippen molar-refractivity contribution >= 4 is 24.0 Å². The van der Waals surface area contributed by atoms with Crippen LogP contribution in [0.5, 0.6) is 5.75 Å². The Morgan fingerprint density at radius 1 is 1.44 bits per heavy atom. The number of halogens is 3. The van der Waals surface area contributed by atoms with Gasteiger partial charge in [0, 0.05) is 6.04 Å². The molecule has 16 heavy (non-hydrogen) atoms. The zero-order valence-electron chi connectivity index (χ0n) is 9.30. The first-order valence-electron chi connectivity index (χ1n) is 4.97. The second kappa shape index (κ2) is 6.94. The van der Waals surface area contributed by atoms with Gasteiger partial charge in [0.15, 0.2) is 11.6 Å². The first kappa shape index (κ1) is 15.5. The third-order valence-electron chi connectivity index (χ3n) is 2.18. The second-order valence-electron chi connectivity index (χ2n) is 3.26. The highest BCUT2D eigenvalue weighted by Gasteiger charge is 2.13. The van der Waals surface area contributed by atoms with Gasteiger partial charge in [0.1, 0.15) is 0 Å². The van der Waals surface area contributed by atoms with Gasteiger partial charge in [-0.15, -0.1) is 12.4 Å². The summed E-state index contributed by atoms with van der Waals surface area (Å²) in [5.74, 6) is -0.352. The van der Waals surface area contributed by atoms with Crippen LogP contribution in [0.15, 0.2) is 12.1 Å². The van der Waals surface area contributed by atoms with Crippen molar-refractivity contribution in [1.82, 2.24) is 0 Å². The van der Waals surface area contributed by atoms with E-state index >= 15 is 0 Å². The summed E-state index contributed by atoms with van der Waals surface area (Å²) in [4.78, 5) is 0. The van der Waals surface area contributed by atoms with E-state index in [-0.39, 0.29) is 29.2 Å². The van der Waals surface area contributed by atoms with Gasteiger partial charge in [-0.3, -0.25) is 0 Å². The van der Waals surface area contributed by atoms with Crippen LogP contribution in [0.1, 0.15) is 31.9 Å². The van der Waals surface area contributed by atoms with Gasteiger partial charge >= 0.3 is 0 Å². The van der Waals surface area contributed by atoms with Crippen LogP contribution in [0.4, 0.5) is 4.39 Å². The molecular formula is C11H16Cl2FNO. The van der Waals surface area contributed by atoms with Crippen molar-refractivity contribution < 1.29 is 9.13 Å². The minimum absolute atomic E-state index is 0. The quantitative estimate of drug-likeness (QED) is 0.903. The van der Waals surface area contributed by atoms with E-state index in [2.05, 4.69) is 0 Å². The van der Waals surface area contributed by atoms with Crippen molar-refractivity contribution in [2.24, 2.45) is 5.73 Å². The summed E-state index contributed by atoms with van der Waals surface area (Å²) in [6.45, 7) is 4.10. The summed E-state index contributed by atoms with van der Waals surface area (Å²) >= 11 is 5.89. The van der Waals surface area contributed by atoms with Gasteiger partial charge in [-0.25, -0.2) is 4.39 Å². The molecule has 5 heteroatoms. The molecule has 0 unspecified atom stereocenters. The smallest absolute Gasteiger partial charge is 0.173 e. The average Bonchev–Trinajstić information content (AvgIpc) is 2.22. The number of nitrogens with two attached hydrogens (primary N) is 1. The largest absolute Gasteiger partial charge is 0.489 e. The summed E-state index contributed by atoms with van der Waals surface area (Å²) in [6.07, 6.45) is 0.740. The van der Waals surface area contributed by atoms with Crippen LogP contribution in [0.2, 0.25) is 5.02 Å². The molecule has 0 saturated heterocycles. The van der Waals surface area contributed by atoms with Crippen LogP contribution in [-0.4, -0.2) is 6.61 Å². The SMILES string of the molecule is CCOc1c(F)cc([C@@H](N)CC)cc1Cl.Cl. The predicted octanol–water partition coefficient (Wildman–Crippen LogP) is 3.71. The number of rotatable bonds is 4. The topological polar surface area (TPSA) is 35.2 Å². The first-order chi connectivity index (χ1) is 7.10. The molecule has 0 saturated carbocycles. The molecule has 1 aromatic carbocycles. The van der Waals surface area contributed by atoms with E-state index in [9.17, 15) is 4.39 Å². The molecule has 0 heterocycles. The molecule has 2 N–H and O–H groups in total. The van der Waals surface area contributed by atoms with E-state index in [1.54, 1.807) is 13.0 Å². The Labute approximate surface area is 106 Å². The maximum Gasteiger partial charge on any atom is 0.173 e. The summed E-state index contributed by atoms with van der Waals surface area (Å²) in [5, 5.41) is 0.274. The Morgan fingerprint density at radius 3 is 2.50 bits per heavy atom. The standard InChI is InChI=1S/C11H15ClFNO.ClH/c1-3-10(14)7-5-8(12)11(15-4-2)9(13)6-7;/h5-6,10H,3-4,14H2,1-2H3;1H/t10-;/m0./s1. The third-order valence-corrected chi connectivity index (χ3v) is 2.46. The maximum absolute atomic E-state index is 13.5. The Balaban J connectivity index is 0.00000225. The lowest BCUT2D eigenvalue weighted by molar-refractivity contribution is 0.321. The van der Waals surface area contributed by atoms with Gasteiger partial charge in [0.05, 0.1) is 11.6 Å². The van der Waals surface area contributed by atoms with E-state index in [1.807, 2.05) is 6.92 Å². The Bertz CT molecular complexity index is 324. The van der Waals surface area contributed by atoms with Gasteiger partial charge < -0.3 is 10.5 Å². The predicted molar refractivity (Wildman–Crippen MR) is 67.0 cm³/mol. The average molecular weight is 268 g/mol. The number of hydrogen-bond donors (Lipinski definition) is 1. The molecule has 1 rings (SSSR count). The normalized spacial score (nSPS) is 11.8. The van der Waals surface area contributed by atoms with Gasteiger partial charge in [0.25, 0.3) is 0 Å². The molecule has 0 spiro atoms. The second-order valence-corrected chi connectivity index (χ2v) is 3.67.